The minimum Gasteiger partial charge on any atom is -0.490 e. The first-order valence-corrected chi connectivity index (χ1v) is 27.9. The molecule has 4 aromatic carbocycles. The molecule has 16 nitrogen and oxygen atoms in total. The fraction of sp³-hybridized carbons (Fsp3) is 0.400. The number of nitrogens with one attached hydrogen (secondary N) is 2. The van der Waals surface area contributed by atoms with Crippen molar-refractivity contribution in [2.75, 3.05) is 47.8 Å². The topological polar surface area (TPSA) is 181 Å². The van der Waals surface area contributed by atoms with E-state index in [0.717, 1.165) is 49.1 Å². The van der Waals surface area contributed by atoms with E-state index in [1.54, 1.807) is 11.7 Å². The molecule has 3 aromatic heterocycles. The zero-order valence-electron chi connectivity index (χ0n) is 44.9. The summed E-state index contributed by atoms with van der Waals surface area (Å²) in [4.78, 5) is 81.0. The SMILES string of the molecule is Cc1c(O[C@H]2CC[C@H](CC(F)(F)C(=O)N3CCN(c4cccc5c(C6CCC(=O)NC6=O)nn(C)c45)CC3)CC2)cccc1-c1ccc(N2CCc3cccc(C(=O)Nc4nc5ccccc5s4)c3C2)nc1C(=O)OC(C)(C)C. The van der Waals surface area contributed by atoms with E-state index in [1.807, 2.05) is 119 Å². The summed E-state index contributed by atoms with van der Waals surface area (Å²) in [5.41, 5.74) is 6.96. The molecule has 2 saturated heterocycles. The lowest BCUT2D eigenvalue weighted by Crippen LogP contribution is -2.53. The zero-order chi connectivity index (χ0) is 55.3. The van der Waals surface area contributed by atoms with Crippen LogP contribution in [0, 0.1) is 12.8 Å². The van der Waals surface area contributed by atoms with Crippen molar-refractivity contribution >= 4 is 78.7 Å². The number of rotatable bonds is 12. The molecule has 0 radical (unpaired) electrons. The van der Waals surface area contributed by atoms with Crippen LogP contribution in [0.25, 0.3) is 32.2 Å². The van der Waals surface area contributed by atoms with E-state index in [2.05, 4.69) is 25.4 Å². The van der Waals surface area contributed by atoms with Gasteiger partial charge in [0.15, 0.2) is 10.8 Å². The minimum absolute atomic E-state index is 0.129. The summed E-state index contributed by atoms with van der Waals surface area (Å²) in [6.07, 6.45) is 2.50. The van der Waals surface area contributed by atoms with E-state index in [-0.39, 0.29) is 54.9 Å². The first-order chi connectivity index (χ1) is 37.9. The van der Waals surface area contributed by atoms with E-state index >= 15 is 8.78 Å². The number of para-hydroxylation sites is 2. The number of esters is 1. The molecular weight excluding hydrogens is 1030 g/mol. The Kier molecular flexibility index (Phi) is 14.4. The molecule has 1 aliphatic carbocycles. The van der Waals surface area contributed by atoms with Gasteiger partial charge in [0.1, 0.15) is 17.2 Å². The normalized spacial score (nSPS) is 19.1. The second kappa shape index (κ2) is 21.4. The number of pyridine rings is 1. The largest absolute Gasteiger partial charge is 0.490 e. The molecule has 0 bridgehead atoms. The third-order valence-electron chi connectivity index (χ3n) is 15.7. The van der Waals surface area contributed by atoms with Crippen molar-refractivity contribution in [2.45, 2.75) is 109 Å². The summed E-state index contributed by atoms with van der Waals surface area (Å²) >= 11 is 1.42. The average molecular weight is 1090 g/mol. The van der Waals surface area contributed by atoms with Gasteiger partial charge in [-0.1, -0.05) is 59.9 Å². The predicted molar refractivity (Wildman–Crippen MR) is 299 cm³/mol. The van der Waals surface area contributed by atoms with Crippen LogP contribution >= 0.6 is 11.3 Å². The number of amides is 4. The number of aromatic nitrogens is 4. The van der Waals surface area contributed by atoms with Crippen LogP contribution < -0.4 is 25.2 Å². The first-order valence-electron chi connectivity index (χ1n) is 27.1. The molecule has 2 N–H and O–H groups in total. The Balaban J connectivity index is 0.726. The lowest BCUT2D eigenvalue weighted by molar-refractivity contribution is -0.160. The maximum Gasteiger partial charge on any atom is 0.358 e. The molecule has 19 heteroatoms. The number of fused-ring (bicyclic) bond motifs is 3. The van der Waals surface area contributed by atoms with Crippen molar-refractivity contribution in [1.29, 1.82) is 0 Å². The smallest absolute Gasteiger partial charge is 0.358 e. The molecule has 3 fully saturated rings. The summed E-state index contributed by atoms with van der Waals surface area (Å²) in [6.45, 7) is 9.30. The standard InChI is InChI=1S/C60H63F2N9O7S/c1-35-39(40-23-25-49(64-52(40)56(75)78-59(2,3)4)71-28-27-37-11-8-13-41(44(37)34-71)54(73)66-58-63-45-15-6-7-18-48(45)79-58)12-10-17-47(35)77-38-21-19-36(20-22-38)33-60(61,62)57(76)70-31-29-69(30-32-70)46-16-9-14-42-51(67-68(5)53(42)46)43-24-26-50(72)65-55(43)74/h6-18,23,25,36,38,43H,19-22,24,26-34H2,1-5H3,(H,63,66,73)(H,65,72,74)/t36-,38-,43?. The Labute approximate surface area is 460 Å². The molecule has 4 aliphatic rings. The van der Waals surface area contributed by atoms with E-state index in [4.69, 9.17) is 19.6 Å². The van der Waals surface area contributed by atoms with Gasteiger partial charge in [-0.2, -0.15) is 13.9 Å². The summed E-state index contributed by atoms with van der Waals surface area (Å²) in [7, 11) is 1.80. The molecule has 0 spiro atoms. The monoisotopic (exact) mass is 1090 g/mol. The van der Waals surface area contributed by atoms with Gasteiger partial charge in [0, 0.05) is 75.7 Å². The van der Waals surface area contributed by atoms with Crippen molar-refractivity contribution < 1.29 is 42.2 Å². The van der Waals surface area contributed by atoms with Crippen LogP contribution in [-0.2, 0) is 39.1 Å². The summed E-state index contributed by atoms with van der Waals surface area (Å²) in [5, 5.41) is 11.4. The summed E-state index contributed by atoms with van der Waals surface area (Å²) < 4.78 is 47.2. The van der Waals surface area contributed by atoms with Gasteiger partial charge in [0.25, 0.3) is 11.8 Å². The zero-order valence-corrected chi connectivity index (χ0v) is 45.8. The summed E-state index contributed by atoms with van der Waals surface area (Å²) in [5.74, 6) is -5.93. The number of benzene rings is 4. The van der Waals surface area contributed by atoms with Crippen LogP contribution in [-0.4, -0.2) is 105 Å². The molecule has 410 valence electrons. The Bertz CT molecular complexity index is 3510. The van der Waals surface area contributed by atoms with E-state index in [0.29, 0.717) is 98.2 Å². The number of hydrogen-bond acceptors (Lipinski definition) is 13. The van der Waals surface area contributed by atoms with E-state index in [1.165, 1.54) is 16.2 Å². The number of hydrogen-bond donors (Lipinski definition) is 2. The van der Waals surface area contributed by atoms with E-state index < -0.39 is 35.7 Å². The van der Waals surface area contributed by atoms with E-state index in [9.17, 15) is 24.0 Å². The van der Waals surface area contributed by atoms with Crippen LogP contribution in [0.5, 0.6) is 5.75 Å². The number of aryl methyl sites for hydroxylation is 1. The second-order valence-corrected chi connectivity index (χ2v) is 23.2. The number of nitrogens with zero attached hydrogens (tertiary/aromatic N) is 7. The second-order valence-electron chi connectivity index (χ2n) is 22.2. The highest BCUT2D eigenvalue weighted by Crippen LogP contribution is 2.41. The Hall–Kier alpha value is -7.80. The molecule has 79 heavy (non-hydrogen) atoms. The maximum absolute atomic E-state index is 16.0. The molecular formula is C60H63F2N9O7S. The number of ether oxygens (including phenoxy) is 2. The Morgan fingerprint density at radius 3 is 2.33 bits per heavy atom. The van der Waals surface area contributed by atoms with Crippen molar-refractivity contribution in [2.24, 2.45) is 13.0 Å². The number of imide groups is 1. The van der Waals surface area contributed by atoms with Gasteiger partial charge >= 0.3 is 11.9 Å². The van der Waals surface area contributed by atoms with Crippen LogP contribution in [0.4, 0.5) is 25.4 Å². The summed E-state index contributed by atoms with van der Waals surface area (Å²) in [6, 6.07) is 28.6. The fourth-order valence-electron chi connectivity index (χ4n) is 11.7. The van der Waals surface area contributed by atoms with Gasteiger partial charge in [-0.3, -0.25) is 34.5 Å². The quantitative estimate of drug-likeness (QED) is 0.0874. The number of alkyl halides is 2. The fourth-order valence-corrected chi connectivity index (χ4v) is 12.6. The van der Waals surface area contributed by atoms with Gasteiger partial charge in [-0.25, -0.2) is 14.8 Å². The van der Waals surface area contributed by atoms with Crippen LogP contribution in [0.15, 0.2) is 91.0 Å². The molecule has 4 amide bonds. The van der Waals surface area contributed by atoms with Gasteiger partial charge in [0.2, 0.25) is 11.8 Å². The molecule has 7 aromatic rings. The number of anilines is 3. The number of carbonyl (C=O) groups is 5. The molecule has 1 atom stereocenters. The molecule has 6 heterocycles. The van der Waals surface area contributed by atoms with Crippen molar-refractivity contribution in [3.8, 4) is 16.9 Å². The Morgan fingerprint density at radius 1 is 0.810 bits per heavy atom. The number of carbonyl (C=O) groups excluding carboxylic acids is 5. The van der Waals surface area contributed by atoms with Gasteiger partial charge < -0.3 is 24.2 Å². The lowest BCUT2D eigenvalue weighted by Gasteiger charge is -2.38. The molecule has 3 aliphatic heterocycles. The highest BCUT2D eigenvalue weighted by molar-refractivity contribution is 7.22. The number of piperidine rings is 1. The Morgan fingerprint density at radius 2 is 1.57 bits per heavy atom. The number of piperazine rings is 1. The van der Waals surface area contributed by atoms with Gasteiger partial charge in [-0.15, -0.1) is 0 Å². The molecule has 11 rings (SSSR count). The first kappa shape index (κ1) is 53.2. The number of halogens is 2. The number of thiazole rings is 1. The van der Waals surface area contributed by atoms with Crippen LogP contribution in [0.2, 0.25) is 0 Å². The lowest BCUT2D eigenvalue weighted by atomic mass is 9.83. The molecule has 1 unspecified atom stereocenters. The minimum atomic E-state index is -3.53. The highest BCUT2D eigenvalue weighted by atomic mass is 32.1. The van der Waals surface area contributed by atoms with Crippen molar-refractivity contribution in [3.05, 3.63) is 125 Å². The molecule has 1 saturated carbocycles. The average Bonchev–Trinajstić information content (AvgIpc) is 4.14. The van der Waals surface area contributed by atoms with Crippen molar-refractivity contribution in [3.63, 3.8) is 0 Å². The van der Waals surface area contributed by atoms with Crippen molar-refractivity contribution in [1.82, 2.24) is 30.0 Å². The third kappa shape index (κ3) is 11.0. The predicted octanol–water partition coefficient (Wildman–Crippen LogP) is 10.2. The van der Waals surface area contributed by atoms with Crippen LogP contribution in [0.3, 0.4) is 0 Å². The van der Waals surface area contributed by atoms with Gasteiger partial charge in [0.05, 0.1) is 39.1 Å². The third-order valence-corrected chi connectivity index (χ3v) is 16.6. The maximum atomic E-state index is 16.0. The van der Waals surface area contributed by atoms with Crippen LogP contribution in [0.1, 0.15) is 115 Å². The highest BCUT2D eigenvalue weighted by Gasteiger charge is 2.45. The van der Waals surface area contributed by atoms with Gasteiger partial charge in [-0.05, 0) is 137 Å².